The van der Waals surface area contributed by atoms with Crippen LogP contribution in [0.5, 0.6) is 0 Å². The maximum Gasteiger partial charge on any atom is 0.304 e. The Morgan fingerprint density at radius 2 is 2.04 bits per heavy atom. The third-order valence-electron chi connectivity index (χ3n) is 3.54. The summed E-state index contributed by atoms with van der Waals surface area (Å²) < 4.78 is 13.2. The Morgan fingerprint density at radius 1 is 1.29 bits per heavy atom. The van der Waals surface area contributed by atoms with Gasteiger partial charge in [-0.2, -0.15) is 0 Å². The molecule has 24 heavy (non-hydrogen) atoms. The number of hydrogen-bond acceptors (Lipinski definition) is 3. The molecule has 0 radical (unpaired) electrons. The molecule has 0 aromatic heterocycles. The van der Waals surface area contributed by atoms with E-state index in [-0.39, 0.29) is 37.1 Å². The average Bonchev–Trinajstić information content (AvgIpc) is 2.52. The number of nitrogens with one attached hydrogen (secondary N) is 1. The van der Waals surface area contributed by atoms with E-state index in [0.717, 1.165) is 11.1 Å². The first-order valence-corrected chi connectivity index (χ1v) is 7.57. The van der Waals surface area contributed by atoms with Crippen molar-refractivity contribution in [3.8, 4) is 0 Å². The zero-order valence-electron chi connectivity index (χ0n) is 12.8. The minimum atomic E-state index is -0.898. The van der Waals surface area contributed by atoms with Crippen LogP contribution in [0.1, 0.15) is 23.5 Å². The van der Waals surface area contributed by atoms with E-state index < -0.39 is 5.97 Å². The number of carbonyl (C=O) groups is 1. The molecule has 0 saturated carbocycles. The molecule has 0 aliphatic carbocycles. The van der Waals surface area contributed by atoms with Gasteiger partial charge in [0.05, 0.1) is 17.1 Å². The summed E-state index contributed by atoms with van der Waals surface area (Å²) >= 11 is 6.16. The van der Waals surface area contributed by atoms with Crippen LogP contribution in [-0.2, 0) is 11.3 Å². The lowest BCUT2D eigenvalue weighted by molar-refractivity contribution is -0.137. The second-order valence-corrected chi connectivity index (χ2v) is 5.66. The summed E-state index contributed by atoms with van der Waals surface area (Å²) in [7, 11) is 0. The van der Waals surface area contributed by atoms with Crippen LogP contribution < -0.4 is 11.1 Å². The number of nitrogens with two attached hydrogens (primary N) is 1. The highest BCUT2D eigenvalue weighted by molar-refractivity contribution is 6.33. The molecule has 0 aliphatic rings. The lowest BCUT2D eigenvalue weighted by Crippen LogP contribution is -2.16. The summed E-state index contributed by atoms with van der Waals surface area (Å²) in [5.74, 6) is -1.47. The summed E-state index contributed by atoms with van der Waals surface area (Å²) in [5, 5.41) is 12.6. The van der Waals surface area contributed by atoms with Gasteiger partial charge in [-0.1, -0.05) is 29.8 Å². The van der Waals surface area contributed by atoms with E-state index in [1.54, 1.807) is 30.3 Å². The highest BCUT2D eigenvalue weighted by Crippen LogP contribution is 2.28. The van der Waals surface area contributed by atoms with Gasteiger partial charge in [0.15, 0.2) is 0 Å². The molecular formula is C17H19Cl2FN2O2. The number of rotatable bonds is 7. The maximum atomic E-state index is 13.2. The van der Waals surface area contributed by atoms with Crippen molar-refractivity contribution >= 4 is 35.7 Å². The zero-order chi connectivity index (χ0) is 16.8. The van der Waals surface area contributed by atoms with E-state index >= 15 is 0 Å². The molecule has 4 N–H and O–H groups in total. The second kappa shape index (κ2) is 9.47. The topological polar surface area (TPSA) is 75.4 Å². The van der Waals surface area contributed by atoms with Crippen molar-refractivity contribution in [1.29, 1.82) is 0 Å². The molecule has 0 heterocycles. The summed E-state index contributed by atoms with van der Waals surface area (Å²) in [6.07, 6.45) is -0.0402. The van der Waals surface area contributed by atoms with Crippen molar-refractivity contribution in [1.82, 2.24) is 0 Å². The Balaban J connectivity index is 0.00000288. The van der Waals surface area contributed by atoms with Crippen molar-refractivity contribution in [2.45, 2.75) is 18.9 Å². The van der Waals surface area contributed by atoms with Crippen LogP contribution in [0.15, 0.2) is 42.5 Å². The third kappa shape index (κ3) is 5.67. The van der Waals surface area contributed by atoms with Gasteiger partial charge in [-0.05, 0) is 41.9 Å². The summed E-state index contributed by atoms with van der Waals surface area (Å²) in [6.45, 7) is 0.643. The first-order chi connectivity index (χ1) is 11.0. The fourth-order valence-corrected chi connectivity index (χ4v) is 2.51. The summed E-state index contributed by atoms with van der Waals surface area (Å²) in [6, 6.07) is 11.5. The Kier molecular flexibility index (Phi) is 7.98. The SMILES string of the molecule is Cl.NC[C@H](CC(=O)O)c1ccc(Cl)c(NCc2cccc(F)c2)c1. The maximum absolute atomic E-state index is 13.2. The molecule has 0 unspecified atom stereocenters. The van der Waals surface area contributed by atoms with E-state index in [1.165, 1.54) is 12.1 Å². The van der Waals surface area contributed by atoms with Crippen LogP contribution in [0.2, 0.25) is 5.02 Å². The van der Waals surface area contributed by atoms with Crippen molar-refractivity contribution < 1.29 is 14.3 Å². The third-order valence-corrected chi connectivity index (χ3v) is 3.87. The molecule has 7 heteroatoms. The van der Waals surface area contributed by atoms with Gasteiger partial charge in [0, 0.05) is 12.5 Å². The van der Waals surface area contributed by atoms with Gasteiger partial charge in [-0.15, -0.1) is 12.4 Å². The van der Waals surface area contributed by atoms with Crippen LogP contribution in [-0.4, -0.2) is 17.6 Å². The summed E-state index contributed by atoms with van der Waals surface area (Å²) in [4.78, 5) is 10.9. The first-order valence-electron chi connectivity index (χ1n) is 7.19. The Morgan fingerprint density at radius 3 is 2.67 bits per heavy atom. The number of carboxylic acids is 1. The van der Waals surface area contributed by atoms with Gasteiger partial charge < -0.3 is 16.2 Å². The number of anilines is 1. The van der Waals surface area contributed by atoms with Crippen molar-refractivity contribution in [2.75, 3.05) is 11.9 Å². The van der Waals surface area contributed by atoms with E-state index in [0.29, 0.717) is 17.3 Å². The number of halogens is 3. The Hall–Kier alpha value is -1.82. The molecule has 1 atom stereocenters. The zero-order valence-corrected chi connectivity index (χ0v) is 14.4. The molecule has 2 rings (SSSR count). The number of benzene rings is 2. The lowest BCUT2D eigenvalue weighted by atomic mass is 9.95. The molecule has 0 fully saturated rings. The normalized spacial score (nSPS) is 11.5. The minimum Gasteiger partial charge on any atom is -0.481 e. The second-order valence-electron chi connectivity index (χ2n) is 5.25. The standard InChI is InChI=1S/C17H18ClFN2O2.ClH/c18-15-5-4-12(13(9-20)8-17(22)23)7-16(15)21-10-11-2-1-3-14(19)6-11;/h1-7,13,21H,8-10,20H2,(H,22,23);1H/t13-;/m0./s1. The number of aliphatic carboxylic acids is 1. The minimum absolute atomic E-state index is 0. The Labute approximate surface area is 151 Å². The van der Waals surface area contributed by atoms with Crippen molar-refractivity contribution in [3.63, 3.8) is 0 Å². The predicted octanol–water partition coefficient (Wildman–Crippen LogP) is 4.03. The van der Waals surface area contributed by atoms with Crippen LogP contribution in [0.3, 0.4) is 0 Å². The lowest BCUT2D eigenvalue weighted by Gasteiger charge is -2.16. The molecule has 0 bridgehead atoms. The highest BCUT2D eigenvalue weighted by Gasteiger charge is 2.15. The van der Waals surface area contributed by atoms with E-state index in [2.05, 4.69) is 5.32 Å². The smallest absolute Gasteiger partial charge is 0.304 e. The van der Waals surface area contributed by atoms with E-state index in [9.17, 15) is 9.18 Å². The van der Waals surface area contributed by atoms with Crippen LogP contribution in [0.25, 0.3) is 0 Å². The average molecular weight is 373 g/mol. The molecule has 0 aliphatic heterocycles. The van der Waals surface area contributed by atoms with Gasteiger partial charge in [0.1, 0.15) is 5.82 Å². The molecule has 0 saturated heterocycles. The molecule has 2 aromatic carbocycles. The van der Waals surface area contributed by atoms with Gasteiger partial charge >= 0.3 is 5.97 Å². The fourth-order valence-electron chi connectivity index (χ4n) is 2.32. The van der Waals surface area contributed by atoms with Gasteiger partial charge in [-0.3, -0.25) is 4.79 Å². The molecule has 0 spiro atoms. The van der Waals surface area contributed by atoms with Crippen molar-refractivity contribution in [2.24, 2.45) is 5.73 Å². The highest BCUT2D eigenvalue weighted by atomic mass is 35.5. The molecular weight excluding hydrogens is 354 g/mol. The molecule has 4 nitrogen and oxygen atoms in total. The quantitative estimate of drug-likeness (QED) is 0.685. The van der Waals surface area contributed by atoms with Crippen LogP contribution in [0.4, 0.5) is 10.1 Å². The van der Waals surface area contributed by atoms with E-state index in [1.807, 2.05) is 0 Å². The van der Waals surface area contributed by atoms with Crippen LogP contribution in [0, 0.1) is 5.82 Å². The van der Waals surface area contributed by atoms with E-state index in [4.69, 9.17) is 22.4 Å². The Bertz CT molecular complexity index is 698. The van der Waals surface area contributed by atoms with Gasteiger partial charge in [0.2, 0.25) is 0 Å². The molecule has 130 valence electrons. The van der Waals surface area contributed by atoms with Gasteiger partial charge in [0.25, 0.3) is 0 Å². The molecule has 0 amide bonds. The number of hydrogen-bond donors (Lipinski definition) is 3. The van der Waals surface area contributed by atoms with Crippen LogP contribution >= 0.6 is 24.0 Å². The largest absolute Gasteiger partial charge is 0.481 e. The van der Waals surface area contributed by atoms with Crippen molar-refractivity contribution in [3.05, 3.63) is 64.4 Å². The molecule has 2 aromatic rings. The first kappa shape index (κ1) is 20.2. The van der Waals surface area contributed by atoms with Gasteiger partial charge in [-0.25, -0.2) is 4.39 Å². The summed E-state index contributed by atoms with van der Waals surface area (Å²) in [5.41, 5.74) is 7.92. The number of carboxylic acid groups (broad SMARTS) is 1. The fraction of sp³-hybridized carbons (Fsp3) is 0.235. The monoisotopic (exact) mass is 372 g/mol. The predicted molar refractivity (Wildman–Crippen MR) is 96.5 cm³/mol.